The number of nitrogens with one attached hydrogen (secondary N) is 1. The summed E-state index contributed by atoms with van der Waals surface area (Å²) in [5.74, 6) is -0.214. The summed E-state index contributed by atoms with van der Waals surface area (Å²) in [7, 11) is 1.55. The molecule has 2 unspecified atom stereocenters. The van der Waals surface area contributed by atoms with Crippen LogP contribution in [0.3, 0.4) is 0 Å². The summed E-state index contributed by atoms with van der Waals surface area (Å²) >= 11 is 0. The standard InChI is InChI=1S/C15H20N2O2/c1-3-12(9-11-7-5-4-6-8-11)16-13-10-14(18)17(2)15(13)19/h4-8,12-13,16H,3,9-10H2,1-2H3. The number of imide groups is 1. The van der Waals surface area contributed by atoms with Gasteiger partial charge in [0.05, 0.1) is 12.5 Å². The van der Waals surface area contributed by atoms with Crippen molar-refractivity contribution in [3.63, 3.8) is 0 Å². The molecule has 1 N–H and O–H groups in total. The van der Waals surface area contributed by atoms with E-state index in [2.05, 4.69) is 24.4 Å². The Morgan fingerprint density at radius 1 is 1.32 bits per heavy atom. The van der Waals surface area contributed by atoms with Gasteiger partial charge in [-0.05, 0) is 18.4 Å². The minimum Gasteiger partial charge on any atom is -0.302 e. The van der Waals surface area contributed by atoms with Crippen molar-refractivity contribution >= 4 is 11.8 Å². The third kappa shape index (κ3) is 3.20. The molecule has 2 amide bonds. The molecule has 0 radical (unpaired) electrons. The third-order valence-electron chi connectivity index (χ3n) is 3.64. The molecular formula is C15H20N2O2. The lowest BCUT2D eigenvalue weighted by Crippen LogP contribution is -2.43. The van der Waals surface area contributed by atoms with Crippen LogP contribution < -0.4 is 5.32 Å². The first-order valence-corrected chi connectivity index (χ1v) is 6.72. The molecule has 1 heterocycles. The van der Waals surface area contributed by atoms with Gasteiger partial charge in [-0.1, -0.05) is 37.3 Å². The Hall–Kier alpha value is -1.68. The molecule has 102 valence electrons. The topological polar surface area (TPSA) is 49.4 Å². The Bertz CT molecular complexity index is 458. The van der Waals surface area contributed by atoms with Gasteiger partial charge in [0.2, 0.25) is 11.8 Å². The van der Waals surface area contributed by atoms with E-state index in [0.29, 0.717) is 0 Å². The summed E-state index contributed by atoms with van der Waals surface area (Å²) in [4.78, 5) is 24.6. The monoisotopic (exact) mass is 260 g/mol. The highest BCUT2D eigenvalue weighted by molar-refractivity contribution is 6.05. The van der Waals surface area contributed by atoms with Gasteiger partial charge >= 0.3 is 0 Å². The van der Waals surface area contributed by atoms with Gasteiger partial charge in [-0.15, -0.1) is 0 Å². The van der Waals surface area contributed by atoms with E-state index in [1.54, 1.807) is 7.05 Å². The maximum absolute atomic E-state index is 11.9. The molecule has 0 bridgehead atoms. The van der Waals surface area contributed by atoms with Crippen molar-refractivity contribution in [1.82, 2.24) is 10.2 Å². The maximum Gasteiger partial charge on any atom is 0.246 e. The molecule has 2 atom stereocenters. The van der Waals surface area contributed by atoms with Crippen LogP contribution in [0.15, 0.2) is 30.3 Å². The first kappa shape index (κ1) is 13.7. The van der Waals surface area contributed by atoms with Gasteiger partial charge in [0, 0.05) is 13.1 Å². The summed E-state index contributed by atoms with van der Waals surface area (Å²) in [5.41, 5.74) is 1.24. The lowest BCUT2D eigenvalue weighted by Gasteiger charge is -2.20. The quantitative estimate of drug-likeness (QED) is 0.813. The highest BCUT2D eigenvalue weighted by Gasteiger charge is 2.36. The van der Waals surface area contributed by atoms with Crippen LogP contribution in [0, 0.1) is 0 Å². The highest BCUT2D eigenvalue weighted by atomic mass is 16.2. The molecule has 0 aromatic heterocycles. The SMILES string of the molecule is CCC(Cc1ccccc1)NC1CC(=O)N(C)C1=O. The average Bonchev–Trinajstić information content (AvgIpc) is 2.67. The molecule has 0 saturated carbocycles. The largest absolute Gasteiger partial charge is 0.302 e. The smallest absolute Gasteiger partial charge is 0.246 e. The Balaban J connectivity index is 1.97. The van der Waals surface area contributed by atoms with E-state index in [0.717, 1.165) is 12.8 Å². The van der Waals surface area contributed by atoms with Crippen molar-refractivity contribution in [2.45, 2.75) is 38.3 Å². The molecule has 4 nitrogen and oxygen atoms in total. The summed E-state index contributed by atoms with van der Waals surface area (Å²) < 4.78 is 0. The maximum atomic E-state index is 11.9. The Morgan fingerprint density at radius 3 is 2.53 bits per heavy atom. The Labute approximate surface area is 113 Å². The number of rotatable bonds is 5. The minimum atomic E-state index is -0.355. The number of amides is 2. The fraction of sp³-hybridized carbons (Fsp3) is 0.467. The lowest BCUT2D eigenvalue weighted by molar-refractivity contribution is -0.137. The van der Waals surface area contributed by atoms with E-state index in [4.69, 9.17) is 0 Å². The van der Waals surface area contributed by atoms with Crippen LogP contribution in [0.4, 0.5) is 0 Å². The Kier molecular flexibility index (Phi) is 4.32. The fourth-order valence-corrected chi connectivity index (χ4v) is 2.39. The summed E-state index contributed by atoms with van der Waals surface area (Å²) in [6.45, 7) is 2.09. The Morgan fingerprint density at radius 2 is 2.00 bits per heavy atom. The normalized spacial score (nSPS) is 20.9. The molecule has 1 aliphatic rings. The van der Waals surface area contributed by atoms with Gasteiger partial charge in [-0.2, -0.15) is 0 Å². The molecule has 0 spiro atoms. The second-order valence-corrected chi connectivity index (χ2v) is 5.01. The van der Waals surface area contributed by atoms with E-state index in [1.165, 1.54) is 10.5 Å². The molecule has 19 heavy (non-hydrogen) atoms. The summed E-state index contributed by atoms with van der Waals surface area (Å²) in [6.07, 6.45) is 2.08. The van der Waals surface area contributed by atoms with Crippen molar-refractivity contribution < 1.29 is 9.59 Å². The van der Waals surface area contributed by atoms with Crippen molar-refractivity contribution in [2.24, 2.45) is 0 Å². The fourth-order valence-electron chi connectivity index (χ4n) is 2.39. The van der Waals surface area contributed by atoms with Gasteiger partial charge < -0.3 is 5.32 Å². The predicted molar refractivity (Wildman–Crippen MR) is 73.5 cm³/mol. The van der Waals surface area contributed by atoms with E-state index < -0.39 is 0 Å². The average molecular weight is 260 g/mol. The molecule has 2 rings (SSSR count). The van der Waals surface area contributed by atoms with Crippen molar-refractivity contribution in [2.75, 3.05) is 7.05 Å². The number of likely N-dealkylation sites (N-methyl/N-ethyl adjacent to an activating group) is 1. The number of benzene rings is 1. The summed E-state index contributed by atoms with van der Waals surface area (Å²) in [5, 5.41) is 3.31. The van der Waals surface area contributed by atoms with Crippen LogP contribution in [-0.4, -0.2) is 35.8 Å². The van der Waals surface area contributed by atoms with E-state index in [1.807, 2.05) is 18.2 Å². The van der Waals surface area contributed by atoms with Crippen LogP contribution in [0.1, 0.15) is 25.3 Å². The van der Waals surface area contributed by atoms with E-state index in [-0.39, 0.29) is 30.3 Å². The van der Waals surface area contributed by atoms with Crippen molar-refractivity contribution in [3.05, 3.63) is 35.9 Å². The molecular weight excluding hydrogens is 240 g/mol. The number of carbonyl (C=O) groups is 2. The van der Waals surface area contributed by atoms with Gasteiger partial charge in [0.15, 0.2) is 0 Å². The lowest BCUT2D eigenvalue weighted by atomic mass is 10.0. The minimum absolute atomic E-state index is 0.0999. The van der Waals surface area contributed by atoms with Gasteiger partial charge in [0.1, 0.15) is 0 Å². The molecule has 1 aromatic carbocycles. The highest BCUT2D eigenvalue weighted by Crippen LogP contribution is 2.13. The zero-order valence-corrected chi connectivity index (χ0v) is 11.4. The zero-order chi connectivity index (χ0) is 13.8. The van der Waals surface area contributed by atoms with Gasteiger partial charge in [-0.3, -0.25) is 14.5 Å². The molecule has 0 aliphatic carbocycles. The zero-order valence-electron chi connectivity index (χ0n) is 11.4. The number of nitrogens with zero attached hydrogens (tertiary/aromatic N) is 1. The van der Waals surface area contributed by atoms with Crippen LogP contribution in [0.5, 0.6) is 0 Å². The second-order valence-electron chi connectivity index (χ2n) is 5.01. The first-order valence-electron chi connectivity index (χ1n) is 6.72. The van der Waals surface area contributed by atoms with Crippen LogP contribution >= 0.6 is 0 Å². The summed E-state index contributed by atoms with van der Waals surface area (Å²) in [6, 6.07) is 10.0. The third-order valence-corrected chi connectivity index (χ3v) is 3.64. The first-order chi connectivity index (χ1) is 9.11. The second kappa shape index (κ2) is 5.97. The molecule has 1 aromatic rings. The molecule has 4 heteroatoms. The number of likely N-dealkylation sites (tertiary alicyclic amines) is 1. The molecule has 1 fully saturated rings. The molecule has 1 saturated heterocycles. The predicted octanol–water partition coefficient (Wildman–Crippen LogP) is 1.35. The number of hydrogen-bond donors (Lipinski definition) is 1. The van der Waals surface area contributed by atoms with Crippen LogP contribution in [0.25, 0.3) is 0 Å². The number of hydrogen-bond acceptors (Lipinski definition) is 3. The van der Waals surface area contributed by atoms with Crippen molar-refractivity contribution in [3.8, 4) is 0 Å². The van der Waals surface area contributed by atoms with Crippen LogP contribution in [-0.2, 0) is 16.0 Å². The number of carbonyl (C=O) groups excluding carboxylic acids is 2. The van der Waals surface area contributed by atoms with E-state index >= 15 is 0 Å². The van der Waals surface area contributed by atoms with E-state index in [9.17, 15) is 9.59 Å². The van der Waals surface area contributed by atoms with Gasteiger partial charge in [-0.25, -0.2) is 0 Å². The van der Waals surface area contributed by atoms with Crippen molar-refractivity contribution in [1.29, 1.82) is 0 Å². The molecule has 1 aliphatic heterocycles. The van der Waals surface area contributed by atoms with Gasteiger partial charge in [0.25, 0.3) is 0 Å². The van der Waals surface area contributed by atoms with Crippen LogP contribution in [0.2, 0.25) is 0 Å².